The molecule has 1 aliphatic heterocycles. The molecule has 0 saturated carbocycles. The van der Waals surface area contributed by atoms with Crippen molar-refractivity contribution >= 4 is 118 Å². The van der Waals surface area contributed by atoms with Crippen molar-refractivity contribution in [2.24, 2.45) is 13.5 Å². The lowest BCUT2D eigenvalue weighted by atomic mass is 10.1. The molecule has 12 aromatic rings. The molecule has 0 unspecified atom stereocenters. The Bertz CT molecular complexity index is 3440. The van der Waals surface area contributed by atoms with Gasteiger partial charge in [-0.2, -0.15) is 0 Å². The SMILES string of the molecule is c1ccc2cc(P3(c4ccc5ccccc5c4)=NP(c4ccc5ccccc5c4)(c4ccc5ccccc5c4)=NP(c4ccc5ccccc5c4)(c4ccc5ccccc5c4)=N3)ccc2c1. The van der Waals surface area contributed by atoms with Crippen molar-refractivity contribution in [2.45, 2.75) is 0 Å². The van der Waals surface area contributed by atoms with Crippen molar-refractivity contribution in [2.75, 3.05) is 0 Å². The van der Waals surface area contributed by atoms with Gasteiger partial charge < -0.3 is 0 Å². The van der Waals surface area contributed by atoms with Crippen LogP contribution in [0.25, 0.3) is 64.6 Å². The van der Waals surface area contributed by atoms with E-state index in [9.17, 15) is 0 Å². The molecule has 1 heterocycles. The third kappa shape index (κ3) is 6.38. The molecule has 3 nitrogen and oxygen atoms in total. The summed E-state index contributed by atoms with van der Waals surface area (Å²) < 4.78 is 19.9. The third-order valence-corrected chi connectivity index (χ3v) is 25.5. The third-order valence-electron chi connectivity index (χ3n) is 13.3. The molecule has 13 rings (SSSR count). The van der Waals surface area contributed by atoms with Crippen LogP contribution in [0.2, 0.25) is 0 Å². The van der Waals surface area contributed by atoms with Gasteiger partial charge in [0.2, 0.25) is 0 Å². The van der Waals surface area contributed by atoms with Crippen molar-refractivity contribution < 1.29 is 0 Å². The topological polar surface area (TPSA) is 37.1 Å². The summed E-state index contributed by atoms with van der Waals surface area (Å²) in [4.78, 5) is 0. The lowest BCUT2D eigenvalue weighted by molar-refractivity contribution is 1.64. The Kier molecular flexibility index (Phi) is 9.23. The van der Waals surface area contributed by atoms with Gasteiger partial charge >= 0.3 is 0 Å². The number of benzene rings is 12. The largest absolute Gasteiger partial charge is 0.223 e. The zero-order valence-electron chi connectivity index (χ0n) is 35.9. The van der Waals surface area contributed by atoms with E-state index in [-0.39, 0.29) is 0 Å². The van der Waals surface area contributed by atoms with E-state index < -0.39 is 21.6 Å². The Morgan fingerprint density at radius 2 is 0.318 bits per heavy atom. The summed E-state index contributed by atoms with van der Waals surface area (Å²) in [5.41, 5.74) is 0. The molecule has 0 atom stereocenters. The molecule has 6 heteroatoms. The summed E-state index contributed by atoms with van der Waals surface area (Å²) in [6, 6.07) is 94.2. The maximum Gasteiger partial charge on any atom is 0.138 e. The fourth-order valence-corrected chi connectivity index (χ4v) is 25.3. The summed E-state index contributed by atoms with van der Waals surface area (Å²) in [7, 11) is -9.59. The zero-order valence-corrected chi connectivity index (χ0v) is 38.6. The first-order valence-corrected chi connectivity index (χ1v) is 27.5. The van der Waals surface area contributed by atoms with Gasteiger partial charge in [0, 0.05) is 31.8 Å². The smallest absolute Gasteiger partial charge is 0.138 e. The summed E-state index contributed by atoms with van der Waals surface area (Å²) in [6.07, 6.45) is 0. The highest BCUT2D eigenvalue weighted by atomic mass is 31.3. The highest BCUT2D eigenvalue weighted by Gasteiger charge is 2.43. The average molecular weight is 898 g/mol. The molecular weight excluding hydrogens is 856 g/mol. The second-order valence-corrected chi connectivity index (χ2v) is 26.1. The number of rotatable bonds is 6. The first kappa shape index (κ1) is 39.3. The van der Waals surface area contributed by atoms with Crippen LogP contribution in [0, 0.1) is 0 Å². The number of fused-ring (bicyclic) bond motifs is 6. The van der Waals surface area contributed by atoms with Crippen LogP contribution >= 0.6 is 21.6 Å². The van der Waals surface area contributed by atoms with Crippen molar-refractivity contribution in [1.82, 2.24) is 0 Å². The monoisotopic (exact) mass is 897 g/mol. The molecule has 0 spiro atoms. The van der Waals surface area contributed by atoms with Crippen LogP contribution in [0.15, 0.2) is 268 Å². The van der Waals surface area contributed by atoms with Gasteiger partial charge in [-0.15, -0.1) is 0 Å². The van der Waals surface area contributed by atoms with E-state index >= 15 is 0 Å². The number of hydrogen-bond donors (Lipinski definition) is 0. The second kappa shape index (κ2) is 15.5. The van der Waals surface area contributed by atoms with Crippen molar-refractivity contribution in [3.05, 3.63) is 255 Å². The summed E-state index contributed by atoms with van der Waals surface area (Å²) in [5, 5.41) is 20.9. The molecule has 0 amide bonds. The molecule has 12 aromatic carbocycles. The predicted octanol–water partition coefficient (Wildman–Crippen LogP) is 15.2. The summed E-state index contributed by atoms with van der Waals surface area (Å²) in [6.45, 7) is 0. The fraction of sp³-hybridized carbons (Fsp3) is 0. The average Bonchev–Trinajstić information content (AvgIpc) is 3.39. The van der Waals surface area contributed by atoms with E-state index in [2.05, 4.69) is 255 Å². The fourth-order valence-electron chi connectivity index (χ4n) is 9.91. The molecule has 0 saturated heterocycles. The Balaban J connectivity index is 1.31. The maximum absolute atomic E-state index is 6.64. The standard InChI is InChI=1S/C60H42N3P3/c1-7-19-49-37-55(31-25-43(49)13-1)64(56-32-26-44-14-2-8-20-50(44)38-56)61-65(57-33-27-45-15-3-9-21-51(45)39-57,58-34-28-46-16-4-10-22-52(46)40-58)63-66(62-64,59-35-29-47-17-5-11-23-53(47)41-59)60-36-30-48-18-6-12-24-54(48)42-60/h1-42H. The van der Waals surface area contributed by atoms with E-state index in [1.165, 1.54) is 64.6 Å². The number of nitrogens with zero attached hydrogens (tertiary/aromatic N) is 3. The minimum atomic E-state index is -3.20. The molecule has 312 valence electrons. The highest BCUT2D eigenvalue weighted by Crippen LogP contribution is 2.76. The van der Waals surface area contributed by atoms with Gasteiger partial charge in [-0.3, -0.25) is 0 Å². The van der Waals surface area contributed by atoms with Crippen LogP contribution in [0.1, 0.15) is 0 Å². The minimum absolute atomic E-state index is 1.13. The predicted molar refractivity (Wildman–Crippen MR) is 290 cm³/mol. The van der Waals surface area contributed by atoms with Gasteiger partial charge in [0.25, 0.3) is 0 Å². The van der Waals surface area contributed by atoms with E-state index in [0.29, 0.717) is 0 Å². The van der Waals surface area contributed by atoms with Gasteiger partial charge in [0.1, 0.15) is 21.6 Å². The lowest BCUT2D eigenvalue weighted by Gasteiger charge is -2.38. The van der Waals surface area contributed by atoms with Crippen LogP contribution in [-0.2, 0) is 0 Å². The van der Waals surface area contributed by atoms with Gasteiger partial charge in [-0.05, 0) is 101 Å². The molecule has 0 aliphatic carbocycles. The first-order chi connectivity index (χ1) is 32.6. The molecular formula is C60H42N3P3. The summed E-state index contributed by atoms with van der Waals surface area (Å²) in [5.74, 6) is 0. The molecule has 0 bridgehead atoms. The van der Waals surface area contributed by atoms with Crippen molar-refractivity contribution in [3.8, 4) is 0 Å². The quantitative estimate of drug-likeness (QED) is 0.149. The van der Waals surface area contributed by atoms with Crippen molar-refractivity contribution in [1.29, 1.82) is 0 Å². The van der Waals surface area contributed by atoms with Crippen LogP contribution in [0.3, 0.4) is 0 Å². The van der Waals surface area contributed by atoms with Gasteiger partial charge in [-0.1, -0.05) is 218 Å². The second-order valence-electron chi connectivity index (χ2n) is 17.3. The van der Waals surface area contributed by atoms with Crippen LogP contribution in [0.4, 0.5) is 0 Å². The lowest BCUT2D eigenvalue weighted by Crippen LogP contribution is -2.25. The van der Waals surface area contributed by atoms with Crippen LogP contribution in [-0.4, -0.2) is 0 Å². The minimum Gasteiger partial charge on any atom is -0.223 e. The highest BCUT2D eigenvalue weighted by molar-refractivity contribution is 8.00. The Morgan fingerprint density at radius 3 is 0.485 bits per heavy atom. The zero-order chi connectivity index (χ0) is 43.7. The molecule has 0 radical (unpaired) electrons. The van der Waals surface area contributed by atoms with Gasteiger partial charge in [-0.25, -0.2) is 13.5 Å². The Hall–Kier alpha value is -7.11. The van der Waals surface area contributed by atoms with E-state index in [4.69, 9.17) is 13.5 Å². The van der Waals surface area contributed by atoms with E-state index in [1.807, 2.05) is 0 Å². The molecule has 0 fully saturated rings. The molecule has 0 N–H and O–H groups in total. The Morgan fingerprint density at radius 1 is 0.167 bits per heavy atom. The van der Waals surface area contributed by atoms with E-state index in [1.54, 1.807) is 0 Å². The van der Waals surface area contributed by atoms with Gasteiger partial charge in [0.05, 0.1) is 0 Å². The number of hydrogen-bond acceptors (Lipinski definition) is 3. The van der Waals surface area contributed by atoms with Crippen LogP contribution < -0.4 is 31.8 Å². The van der Waals surface area contributed by atoms with Crippen molar-refractivity contribution in [3.63, 3.8) is 0 Å². The Labute approximate surface area is 384 Å². The van der Waals surface area contributed by atoms with Crippen LogP contribution in [0.5, 0.6) is 0 Å². The van der Waals surface area contributed by atoms with E-state index in [0.717, 1.165) is 31.8 Å². The molecule has 0 aromatic heterocycles. The molecule has 1 aliphatic rings. The molecule has 66 heavy (non-hydrogen) atoms. The normalized spacial score (nSPS) is 15.1. The van der Waals surface area contributed by atoms with Gasteiger partial charge in [0.15, 0.2) is 0 Å². The summed E-state index contributed by atoms with van der Waals surface area (Å²) >= 11 is 0. The maximum atomic E-state index is 6.64. The first-order valence-electron chi connectivity index (χ1n) is 22.4.